The molecule has 0 saturated heterocycles. The van der Waals surface area contributed by atoms with Gasteiger partial charge in [0.1, 0.15) is 11.6 Å². The summed E-state index contributed by atoms with van der Waals surface area (Å²) < 4.78 is 16.2. The van der Waals surface area contributed by atoms with E-state index in [0.29, 0.717) is 27.5 Å². The molecule has 2 aromatic carbocycles. The van der Waals surface area contributed by atoms with E-state index < -0.39 is 0 Å². The van der Waals surface area contributed by atoms with Gasteiger partial charge in [-0.2, -0.15) is 4.98 Å². The molecule has 0 radical (unpaired) electrons. The fraction of sp³-hybridized carbons (Fsp3) is 0.417. The smallest absolute Gasteiger partial charge is 0.245 e. The molecule has 0 unspecified atom stereocenters. The van der Waals surface area contributed by atoms with Crippen molar-refractivity contribution in [3.63, 3.8) is 0 Å². The van der Waals surface area contributed by atoms with E-state index in [-0.39, 0.29) is 24.3 Å². The summed E-state index contributed by atoms with van der Waals surface area (Å²) in [4.78, 5) is 6.99. The van der Waals surface area contributed by atoms with Crippen LogP contribution in [0.25, 0.3) is 5.69 Å². The second kappa shape index (κ2) is 10.4. The van der Waals surface area contributed by atoms with Crippen molar-refractivity contribution in [2.45, 2.75) is 52.5 Å². The summed E-state index contributed by atoms with van der Waals surface area (Å²) in [5, 5.41) is 5.91. The molecule has 8 heteroatoms. The first-order valence-electron chi connectivity index (χ1n) is 10.8. The highest BCUT2D eigenvalue weighted by Gasteiger charge is 2.32. The first-order chi connectivity index (χ1) is 14.9. The molecule has 1 aliphatic carbocycles. The minimum absolute atomic E-state index is 0. The van der Waals surface area contributed by atoms with Gasteiger partial charge in [-0.15, -0.1) is 17.5 Å². The number of anilines is 1. The lowest BCUT2D eigenvalue weighted by Gasteiger charge is -2.31. The number of hydrogen-bond donors (Lipinski definition) is 0. The molecular formula is C24H28Cl3FN4. The van der Waals surface area contributed by atoms with Gasteiger partial charge in [-0.1, -0.05) is 55.1 Å². The molecule has 0 bridgehead atoms. The Morgan fingerprint density at radius 2 is 1.91 bits per heavy atom. The normalized spacial score (nSPS) is 14.2. The molecule has 4 nitrogen and oxygen atoms in total. The Kier molecular flexibility index (Phi) is 8.07. The van der Waals surface area contributed by atoms with Crippen molar-refractivity contribution >= 4 is 41.6 Å². The lowest BCUT2D eigenvalue weighted by Crippen LogP contribution is -2.31. The maximum Gasteiger partial charge on any atom is 0.245 e. The molecule has 0 aliphatic heterocycles. The van der Waals surface area contributed by atoms with Gasteiger partial charge in [0.25, 0.3) is 0 Å². The van der Waals surface area contributed by atoms with Crippen LogP contribution in [0.5, 0.6) is 0 Å². The second-order valence-electron chi connectivity index (χ2n) is 8.36. The Labute approximate surface area is 205 Å². The van der Waals surface area contributed by atoms with E-state index >= 15 is 0 Å². The van der Waals surface area contributed by atoms with Gasteiger partial charge in [-0.25, -0.2) is 9.07 Å². The molecule has 1 aromatic heterocycles. The molecule has 0 N–H and O–H groups in total. The maximum atomic E-state index is 14.4. The zero-order valence-electron chi connectivity index (χ0n) is 18.5. The topological polar surface area (TPSA) is 34.0 Å². The molecular weight excluding hydrogens is 470 g/mol. The number of halogens is 4. The summed E-state index contributed by atoms with van der Waals surface area (Å²) in [6.07, 6.45) is 4.36. The Balaban J connectivity index is 0.00000289. The van der Waals surface area contributed by atoms with Gasteiger partial charge in [-0.05, 0) is 68.0 Å². The third-order valence-electron chi connectivity index (χ3n) is 5.83. The zero-order valence-corrected chi connectivity index (χ0v) is 20.8. The van der Waals surface area contributed by atoms with Crippen LogP contribution >= 0.6 is 35.6 Å². The minimum Gasteiger partial charge on any atom is -0.332 e. The number of hydrogen-bond acceptors (Lipinski definition) is 3. The molecule has 32 heavy (non-hydrogen) atoms. The highest BCUT2D eigenvalue weighted by molar-refractivity contribution is 6.35. The molecule has 0 amide bonds. The van der Waals surface area contributed by atoms with Crippen molar-refractivity contribution < 1.29 is 4.39 Å². The monoisotopic (exact) mass is 496 g/mol. The predicted octanol–water partition coefficient (Wildman–Crippen LogP) is 7.51. The molecule has 1 fully saturated rings. The minimum atomic E-state index is -0.169. The number of nitrogens with zero attached hydrogens (tertiary/aromatic N) is 4. The molecule has 4 rings (SSSR count). The number of aryl methyl sites for hydroxylation is 2. The third kappa shape index (κ3) is 5.38. The van der Waals surface area contributed by atoms with Crippen molar-refractivity contribution in [3.05, 3.63) is 69.2 Å². The molecule has 3 aromatic rings. The first kappa shape index (κ1) is 24.8. The predicted molar refractivity (Wildman–Crippen MR) is 132 cm³/mol. The fourth-order valence-electron chi connectivity index (χ4n) is 3.94. The molecule has 1 heterocycles. The van der Waals surface area contributed by atoms with Crippen LogP contribution in [0, 0.1) is 25.6 Å². The van der Waals surface area contributed by atoms with Gasteiger partial charge in [0, 0.05) is 11.6 Å². The van der Waals surface area contributed by atoms with E-state index in [2.05, 4.69) is 11.8 Å². The van der Waals surface area contributed by atoms with Gasteiger partial charge >= 0.3 is 0 Å². The largest absolute Gasteiger partial charge is 0.332 e. The van der Waals surface area contributed by atoms with E-state index in [1.54, 1.807) is 29.8 Å². The van der Waals surface area contributed by atoms with Crippen molar-refractivity contribution in [1.82, 2.24) is 14.8 Å². The van der Waals surface area contributed by atoms with Gasteiger partial charge in [0.2, 0.25) is 5.95 Å². The van der Waals surface area contributed by atoms with Crippen LogP contribution < -0.4 is 4.90 Å². The van der Waals surface area contributed by atoms with Crippen LogP contribution in [-0.4, -0.2) is 21.3 Å². The highest BCUT2D eigenvalue weighted by atomic mass is 35.5. The van der Waals surface area contributed by atoms with Gasteiger partial charge in [-0.3, -0.25) is 0 Å². The van der Waals surface area contributed by atoms with Crippen molar-refractivity contribution in [2.75, 3.05) is 11.4 Å². The molecule has 172 valence electrons. The van der Waals surface area contributed by atoms with Crippen LogP contribution in [0.3, 0.4) is 0 Å². The van der Waals surface area contributed by atoms with Crippen LogP contribution in [0.4, 0.5) is 10.3 Å². The van der Waals surface area contributed by atoms with Crippen molar-refractivity contribution in [1.29, 1.82) is 0 Å². The maximum absolute atomic E-state index is 14.4. The summed E-state index contributed by atoms with van der Waals surface area (Å²) in [6.45, 7) is 6.62. The Bertz CT molecular complexity index is 1080. The molecule has 1 atom stereocenters. The molecule has 1 aliphatic rings. The van der Waals surface area contributed by atoms with Crippen molar-refractivity contribution in [3.8, 4) is 5.69 Å². The lowest BCUT2D eigenvalue weighted by molar-refractivity contribution is 0.521. The third-order valence-corrected chi connectivity index (χ3v) is 6.37. The van der Waals surface area contributed by atoms with E-state index in [1.807, 2.05) is 25.1 Å². The molecule has 1 saturated carbocycles. The summed E-state index contributed by atoms with van der Waals surface area (Å²) in [7, 11) is 0. The number of aromatic nitrogens is 3. The quantitative estimate of drug-likeness (QED) is 0.323. The fourth-order valence-corrected chi connectivity index (χ4v) is 4.43. The Hall–Kier alpha value is -1.82. The standard InChI is InChI=1S/C24H27Cl2FN4.ClH/c1-4-11-30(23(12-17-6-7-17)18-8-5-15(2)21(27)13-18)24-28-16(3)31(29-24)22-10-9-19(25)14-20(22)26;/h5,8-10,13-14,17,23H,4,6-7,11-12H2,1-3H3;1H/t23-;/m0./s1. The van der Waals surface area contributed by atoms with Crippen LogP contribution in [-0.2, 0) is 0 Å². The van der Waals surface area contributed by atoms with Crippen LogP contribution in [0.2, 0.25) is 10.0 Å². The summed E-state index contributed by atoms with van der Waals surface area (Å²) in [5.41, 5.74) is 2.37. The van der Waals surface area contributed by atoms with Gasteiger partial charge in [0.15, 0.2) is 0 Å². The summed E-state index contributed by atoms with van der Waals surface area (Å²) in [6, 6.07) is 10.9. The van der Waals surface area contributed by atoms with Crippen LogP contribution in [0.1, 0.15) is 55.6 Å². The van der Waals surface area contributed by atoms with E-state index in [9.17, 15) is 4.39 Å². The van der Waals surface area contributed by atoms with Gasteiger partial charge in [0.05, 0.1) is 16.8 Å². The van der Waals surface area contributed by atoms with E-state index in [1.165, 1.54) is 12.8 Å². The lowest BCUT2D eigenvalue weighted by atomic mass is 9.98. The number of rotatable bonds is 8. The second-order valence-corrected chi connectivity index (χ2v) is 9.21. The number of benzene rings is 2. The zero-order chi connectivity index (χ0) is 22.1. The average molecular weight is 498 g/mol. The van der Waals surface area contributed by atoms with Crippen molar-refractivity contribution in [2.24, 2.45) is 5.92 Å². The summed E-state index contributed by atoms with van der Waals surface area (Å²) in [5.74, 6) is 1.87. The van der Waals surface area contributed by atoms with Crippen LogP contribution in [0.15, 0.2) is 36.4 Å². The SMILES string of the molecule is CCCN(c1nc(C)n(-c2ccc(Cl)cc2Cl)n1)[C@@H](CC1CC1)c1ccc(C)c(F)c1.Cl. The average Bonchev–Trinajstić information content (AvgIpc) is 3.47. The van der Waals surface area contributed by atoms with E-state index in [4.69, 9.17) is 33.3 Å². The van der Waals surface area contributed by atoms with E-state index in [0.717, 1.165) is 36.5 Å². The van der Waals surface area contributed by atoms with Gasteiger partial charge < -0.3 is 4.90 Å². The Morgan fingerprint density at radius 3 is 2.53 bits per heavy atom. The summed E-state index contributed by atoms with van der Waals surface area (Å²) >= 11 is 12.5. The first-order valence-corrected chi connectivity index (χ1v) is 11.5. The molecule has 0 spiro atoms. The highest BCUT2D eigenvalue weighted by Crippen LogP contribution is 2.41. The Morgan fingerprint density at radius 1 is 1.16 bits per heavy atom.